The van der Waals surface area contributed by atoms with Crippen molar-refractivity contribution in [2.24, 2.45) is 0 Å². The molecule has 27 heavy (non-hydrogen) atoms. The van der Waals surface area contributed by atoms with Crippen LogP contribution >= 0.6 is 11.8 Å². The predicted octanol–water partition coefficient (Wildman–Crippen LogP) is 5.64. The van der Waals surface area contributed by atoms with Crippen LogP contribution in [0, 0.1) is 5.82 Å². The molecule has 0 spiro atoms. The minimum absolute atomic E-state index is 0.252. The predicted molar refractivity (Wildman–Crippen MR) is 109 cm³/mol. The van der Waals surface area contributed by atoms with Gasteiger partial charge in [0.15, 0.2) is 0 Å². The van der Waals surface area contributed by atoms with Crippen molar-refractivity contribution in [1.82, 2.24) is 15.0 Å². The first kappa shape index (κ1) is 17.5. The van der Waals surface area contributed by atoms with Crippen LogP contribution in [0.3, 0.4) is 0 Å². The Bertz CT molecular complexity index is 1090. The number of aromatic nitrogens is 3. The SMILES string of the molecule is C/C(CSc1ccccc1)=C(/c1ccc(F)cc1)n1nnc2ccccc21. The maximum absolute atomic E-state index is 13.5. The number of benzene rings is 3. The van der Waals surface area contributed by atoms with Gasteiger partial charge in [0.25, 0.3) is 0 Å². The van der Waals surface area contributed by atoms with Gasteiger partial charge in [-0.3, -0.25) is 0 Å². The van der Waals surface area contributed by atoms with Gasteiger partial charge in [0, 0.05) is 16.2 Å². The second-order valence-corrected chi connectivity index (χ2v) is 7.28. The van der Waals surface area contributed by atoms with E-state index in [1.54, 1.807) is 23.9 Å². The van der Waals surface area contributed by atoms with Gasteiger partial charge in [-0.2, -0.15) is 0 Å². The van der Waals surface area contributed by atoms with Crippen molar-refractivity contribution in [3.8, 4) is 0 Å². The topological polar surface area (TPSA) is 30.7 Å². The summed E-state index contributed by atoms with van der Waals surface area (Å²) in [6.07, 6.45) is 0. The zero-order valence-electron chi connectivity index (χ0n) is 14.8. The lowest BCUT2D eigenvalue weighted by molar-refractivity contribution is 0.627. The summed E-state index contributed by atoms with van der Waals surface area (Å²) in [5, 5.41) is 8.66. The number of thioether (sulfide) groups is 1. The van der Waals surface area contributed by atoms with Crippen molar-refractivity contribution in [3.05, 3.63) is 95.8 Å². The second-order valence-electron chi connectivity index (χ2n) is 6.23. The first-order valence-electron chi connectivity index (χ1n) is 8.67. The number of nitrogens with zero attached hydrogens (tertiary/aromatic N) is 3. The van der Waals surface area contributed by atoms with E-state index in [1.807, 2.05) is 47.1 Å². The molecule has 0 saturated heterocycles. The summed E-state index contributed by atoms with van der Waals surface area (Å²) in [4.78, 5) is 1.21. The number of para-hydroxylation sites is 1. The second kappa shape index (κ2) is 7.76. The molecule has 0 atom stereocenters. The van der Waals surface area contributed by atoms with Crippen LogP contribution in [0.25, 0.3) is 16.7 Å². The van der Waals surface area contributed by atoms with Gasteiger partial charge < -0.3 is 0 Å². The Morgan fingerprint density at radius 1 is 0.926 bits per heavy atom. The van der Waals surface area contributed by atoms with Gasteiger partial charge in [-0.05, 0) is 61.0 Å². The van der Waals surface area contributed by atoms with Gasteiger partial charge in [-0.15, -0.1) is 16.9 Å². The molecule has 3 aromatic carbocycles. The quantitative estimate of drug-likeness (QED) is 0.423. The van der Waals surface area contributed by atoms with Crippen LogP contribution in [0.5, 0.6) is 0 Å². The molecule has 0 saturated carbocycles. The molecule has 0 fully saturated rings. The summed E-state index contributed by atoms with van der Waals surface area (Å²) < 4.78 is 15.3. The van der Waals surface area contributed by atoms with Crippen molar-refractivity contribution in [2.75, 3.05) is 5.75 Å². The van der Waals surface area contributed by atoms with Crippen LogP contribution in [0.15, 0.2) is 89.3 Å². The lowest BCUT2D eigenvalue weighted by Crippen LogP contribution is -2.05. The highest BCUT2D eigenvalue weighted by Gasteiger charge is 2.14. The van der Waals surface area contributed by atoms with Gasteiger partial charge in [0.2, 0.25) is 0 Å². The van der Waals surface area contributed by atoms with Crippen LogP contribution in [-0.4, -0.2) is 20.7 Å². The summed E-state index contributed by atoms with van der Waals surface area (Å²) in [7, 11) is 0. The molecule has 0 N–H and O–H groups in total. The molecule has 0 radical (unpaired) electrons. The molecule has 5 heteroatoms. The lowest BCUT2D eigenvalue weighted by Gasteiger charge is -2.14. The maximum Gasteiger partial charge on any atom is 0.123 e. The molecule has 0 amide bonds. The van der Waals surface area contributed by atoms with E-state index in [0.29, 0.717) is 0 Å². The zero-order valence-corrected chi connectivity index (χ0v) is 15.7. The third-order valence-corrected chi connectivity index (χ3v) is 5.47. The fourth-order valence-corrected chi connectivity index (χ4v) is 3.84. The molecule has 0 bridgehead atoms. The van der Waals surface area contributed by atoms with E-state index in [1.165, 1.54) is 17.0 Å². The molecular weight excluding hydrogens is 357 g/mol. The fraction of sp³-hybridized carbons (Fsp3) is 0.0909. The van der Waals surface area contributed by atoms with Crippen LogP contribution < -0.4 is 0 Å². The van der Waals surface area contributed by atoms with Gasteiger partial charge in [-0.25, -0.2) is 9.07 Å². The molecule has 0 aliphatic heterocycles. The van der Waals surface area contributed by atoms with Crippen molar-refractivity contribution >= 4 is 28.5 Å². The highest BCUT2D eigenvalue weighted by Crippen LogP contribution is 2.28. The number of hydrogen-bond acceptors (Lipinski definition) is 3. The van der Waals surface area contributed by atoms with Crippen molar-refractivity contribution < 1.29 is 4.39 Å². The van der Waals surface area contributed by atoms with E-state index in [-0.39, 0.29) is 5.82 Å². The van der Waals surface area contributed by atoms with E-state index in [2.05, 4.69) is 29.4 Å². The van der Waals surface area contributed by atoms with Crippen molar-refractivity contribution in [1.29, 1.82) is 0 Å². The van der Waals surface area contributed by atoms with Gasteiger partial charge in [0.05, 0.1) is 11.2 Å². The average Bonchev–Trinajstić information content (AvgIpc) is 3.13. The number of hydrogen-bond donors (Lipinski definition) is 0. The van der Waals surface area contributed by atoms with Gasteiger partial charge in [0.1, 0.15) is 11.3 Å². The summed E-state index contributed by atoms with van der Waals surface area (Å²) >= 11 is 1.76. The highest BCUT2D eigenvalue weighted by molar-refractivity contribution is 7.99. The maximum atomic E-state index is 13.5. The zero-order chi connectivity index (χ0) is 18.6. The molecule has 0 unspecified atom stereocenters. The molecule has 0 aliphatic carbocycles. The molecule has 4 rings (SSSR count). The Morgan fingerprint density at radius 3 is 2.41 bits per heavy atom. The number of fused-ring (bicyclic) bond motifs is 1. The highest BCUT2D eigenvalue weighted by atomic mass is 32.2. The Hall–Kier alpha value is -2.92. The van der Waals surface area contributed by atoms with Crippen LogP contribution in [0.4, 0.5) is 4.39 Å². The van der Waals surface area contributed by atoms with E-state index in [0.717, 1.165) is 33.6 Å². The Kier molecular flexibility index (Phi) is 5.03. The molecule has 4 aromatic rings. The van der Waals surface area contributed by atoms with E-state index >= 15 is 0 Å². The average molecular weight is 375 g/mol. The monoisotopic (exact) mass is 375 g/mol. The molecule has 3 nitrogen and oxygen atoms in total. The summed E-state index contributed by atoms with van der Waals surface area (Å²) in [5.74, 6) is 0.545. The molecule has 134 valence electrons. The summed E-state index contributed by atoms with van der Waals surface area (Å²) in [6.45, 7) is 2.09. The molecule has 1 heterocycles. The standard InChI is InChI=1S/C22H18FN3S/c1-16(15-27-19-7-3-2-4-8-19)22(17-11-13-18(23)14-12-17)26-21-10-6-5-9-20(21)24-25-26/h2-14H,15H2,1H3/b22-16+. The molecule has 1 aromatic heterocycles. The van der Waals surface area contributed by atoms with Gasteiger partial charge >= 0.3 is 0 Å². The van der Waals surface area contributed by atoms with Crippen molar-refractivity contribution in [2.45, 2.75) is 11.8 Å². The largest absolute Gasteiger partial charge is 0.212 e. The Balaban J connectivity index is 1.79. The Morgan fingerprint density at radius 2 is 1.63 bits per heavy atom. The van der Waals surface area contributed by atoms with E-state index < -0.39 is 0 Å². The van der Waals surface area contributed by atoms with Crippen LogP contribution in [0.1, 0.15) is 12.5 Å². The molecule has 0 aliphatic rings. The van der Waals surface area contributed by atoms with Crippen LogP contribution in [-0.2, 0) is 0 Å². The van der Waals surface area contributed by atoms with Gasteiger partial charge in [-0.1, -0.05) is 35.5 Å². The Labute approximate surface area is 161 Å². The first-order valence-corrected chi connectivity index (χ1v) is 9.65. The van der Waals surface area contributed by atoms with Crippen molar-refractivity contribution in [3.63, 3.8) is 0 Å². The third-order valence-electron chi connectivity index (χ3n) is 4.28. The van der Waals surface area contributed by atoms with E-state index in [4.69, 9.17) is 0 Å². The number of rotatable bonds is 5. The minimum Gasteiger partial charge on any atom is -0.212 e. The smallest absolute Gasteiger partial charge is 0.123 e. The first-order chi connectivity index (χ1) is 13.2. The summed E-state index contributed by atoms with van der Waals surface area (Å²) in [5.41, 5.74) is 4.76. The lowest BCUT2D eigenvalue weighted by atomic mass is 10.1. The summed E-state index contributed by atoms with van der Waals surface area (Å²) in [6, 6.07) is 24.7. The fourth-order valence-electron chi connectivity index (χ4n) is 2.97. The molecular formula is C22H18FN3S. The number of halogens is 1. The third kappa shape index (κ3) is 3.78. The van der Waals surface area contributed by atoms with Crippen LogP contribution in [0.2, 0.25) is 0 Å². The minimum atomic E-state index is -0.252. The van der Waals surface area contributed by atoms with E-state index in [9.17, 15) is 4.39 Å². The normalized spacial score (nSPS) is 12.2.